The summed E-state index contributed by atoms with van der Waals surface area (Å²) in [5, 5.41) is 9.11. The van der Waals surface area contributed by atoms with E-state index in [0.717, 1.165) is 55.3 Å². The first-order chi connectivity index (χ1) is 13.3. The van der Waals surface area contributed by atoms with E-state index in [1.165, 1.54) is 20.5 Å². The number of para-hydroxylation sites is 1. The van der Waals surface area contributed by atoms with Gasteiger partial charge in [-0.2, -0.15) is 5.10 Å². The zero-order valence-corrected chi connectivity index (χ0v) is 16.1. The lowest BCUT2D eigenvalue weighted by Crippen LogP contribution is -2.35. The van der Waals surface area contributed by atoms with E-state index in [1.54, 1.807) is 18.4 Å². The number of fused-ring (bicyclic) bond motifs is 2. The van der Waals surface area contributed by atoms with Crippen LogP contribution in [0.2, 0.25) is 0 Å². The van der Waals surface area contributed by atoms with Crippen LogP contribution in [-0.4, -0.2) is 53.5 Å². The van der Waals surface area contributed by atoms with Crippen molar-refractivity contribution in [3.63, 3.8) is 0 Å². The van der Waals surface area contributed by atoms with E-state index < -0.39 is 0 Å². The van der Waals surface area contributed by atoms with Crippen LogP contribution in [0.4, 0.5) is 0 Å². The Morgan fingerprint density at radius 3 is 2.93 bits per heavy atom. The maximum atomic E-state index is 5.52. The Labute approximate surface area is 161 Å². The van der Waals surface area contributed by atoms with Crippen LogP contribution in [0.5, 0.6) is 0 Å². The summed E-state index contributed by atoms with van der Waals surface area (Å²) < 4.78 is 12.0. The van der Waals surface area contributed by atoms with Gasteiger partial charge >= 0.3 is 0 Å². The number of hydrogen-bond acceptors (Lipinski definition) is 5. The highest BCUT2D eigenvalue weighted by Crippen LogP contribution is 2.37. The number of hydrogen-bond donors (Lipinski definition) is 2. The summed E-state index contributed by atoms with van der Waals surface area (Å²) in [6, 6.07) is 10.6. The van der Waals surface area contributed by atoms with Gasteiger partial charge in [0.15, 0.2) is 0 Å². The van der Waals surface area contributed by atoms with E-state index in [4.69, 9.17) is 9.47 Å². The summed E-state index contributed by atoms with van der Waals surface area (Å²) in [5.41, 5.74) is 5.64. The van der Waals surface area contributed by atoms with Gasteiger partial charge in [0.05, 0.1) is 35.7 Å². The maximum absolute atomic E-state index is 5.52. The number of morpholine rings is 1. The fourth-order valence-corrected chi connectivity index (χ4v) is 4.87. The number of methoxy groups -OCH3 is 1. The van der Waals surface area contributed by atoms with Crippen LogP contribution in [0, 0.1) is 0 Å². The monoisotopic (exact) mass is 382 g/mol. The summed E-state index contributed by atoms with van der Waals surface area (Å²) >= 11 is 1.74. The molecule has 0 unspecified atom stereocenters. The second-order valence-corrected chi connectivity index (χ2v) is 8.01. The van der Waals surface area contributed by atoms with Crippen LogP contribution >= 0.6 is 11.3 Å². The van der Waals surface area contributed by atoms with Crippen molar-refractivity contribution < 1.29 is 9.47 Å². The van der Waals surface area contributed by atoms with Crippen molar-refractivity contribution in [3.8, 4) is 11.4 Å². The van der Waals surface area contributed by atoms with Gasteiger partial charge in [0.25, 0.3) is 0 Å². The van der Waals surface area contributed by atoms with Gasteiger partial charge < -0.3 is 14.5 Å². The summed E-state index contributed by atoms with van der Waals surface area (Å²) in [6.07, 6.45) is 0. The van der Waals surface area contributed by atoms with Gasteiger partial charge in [-0.05, 0) is 12.1 Å². The SMILES string of the molecule is COCc1cc2[nH]nc(-c3[nH]c4ccccc4c3CN3CCOCC3)c2s1. The molecule has 5 rings (SSSR count). The van der Waals surface area contributed by atoms with E-state index in [9.17, 15) is 0 Å². The summed E-state index contributed by atoms with van der Waals surface area (Å²) in [5.74, 6) is 0. The Kier molecular flexibility index (Phi) is 4.45. The van der Waals surface area contributed by atoms with Gasteiger partial charge in [0.1, 0.15) is 5.69 Å². The van der Waals surface area contributed by atoms with Crippen LogP contribution in [-0.2, 0) is 22.6 Å². The van der Waals surface area contributed by atoms with Gasteiger partial charge in [0.2, 0.25) is 0 Å². The van der Waals surface area contributed by atoms with Crippen molar-refractivity contribution in [3.05, 3.63) is 40.8 Å². The first-order valence-corrected chi connectivity index (χ1v) is 10.0. The summed E-state index contributed by atoms with van der Waals surface area (Å²) in [7, 11) is 1.73. The van der Waals surface area contributed by atoms with Crippen LogP contribution in [0.3, 0.4) is 0 Å². The molecule has 0 aliphatic carbocycles. The first kappa shape index (κ1) is 16.9. The number of nitrogens with one attached hydrogen (secondary N) is 2. The number of benzene rings is 1. The lowest BCUT2D eigenvalue weighted by molar-refractivity contribution is 0.0344. The molecule has 1 fully saturated rings. The Morgan fingerprint density at radius 2 is 2.07 bits per heavy atom. The molecule has 1 aliphatic rings. The average molecular weight is 382 g/mol. The average Bonchev–Trinajstić information content (AvgIpc) is 3.36. The molecule has 0 bridgehead atoms. The number of thiophene rings is 1. The molecule has 27 heavy (non-hydrogen) atoms. The lowest BCUT2D eigenvalue weighted by Gasteiger charge is -2.26. The molecule has 0 atom stereocenters. The topological polar surface area (TPSA) is 66.2 Å². The molecule has 140 valence electrons. The fourth-order valence-electron chi connectivity index (χ4n) is 3.80. The van der Waals surface area contributed by atoms with Crippen molar-refractivity contribution in [2.75, 3.05) is 33.4 Å². The van der Waals surface area contributed by atoms with Crippen LogP contribution in [0.1, 0.15) is 10.4 Å². The predicted molar refractivity (Wildman–Crippen MR) is 108 cm³/mol. The van der Waals surface area contributed by atoms with E-state index in [-0.39, 0.29) is 0 Å². The van der Waals surface area contributed by atoms with E-state index in [0.29, 0.717) is 6.61 Å². The number of nitrogens with zero attached hydrogens (tertiary/aromatic N) is 2. The van der Waals surface area contributed by atoms with Crippen molar-refractivity contribution in [2.45, 2.75) is 13.2 Å². The van der Waals surface area contributed by atoms with Crippen LogP contribution in [0.15, 0.2) is 30.3 Å². The number of H-pyrrole nitrogens is 2. The van der Waals surface area contributed by atoms with Crippen LogP contribution in [0.25, 0.3) is 32.5 Å². The quantitative estimate of drug-likeness (QED) is 0.552. The second-order valence-electron chi connectivity index (χ2n) is 6.87. The molecule has 7 heteroatoms. The van der Waals surface area contributed by atoms with Gasteiger partial charge in [-0.15, -0.1) is 11.3 Å². The molecule has 4 aromatic rings. The zero-order chi connectivity index (χ0) is 18.2. The normalized spacial score (nSPS) is 15.9. The molecule has 4 heterocycles. The highest BCUT2D eigenvalue weighted by atomic mass is 32.1. The molecule has 0 radical (unpaired) electrons. The highest BCUT2D eigenvalue weighted by Gasteiger charge is 2.21. The first-order valence-electron chi connectivity index (χ1n) is 9.19. The molecule has 1 saturated heterocycles. The van der Waals surface area contributed by atoms with E-state index >= 15 is 0 Å². The molecule has 3 aromatic heterocycles. The van der Waals surface area contributed by atoms with Crippen molar-refractivity contribution in [1.82, 2.24) is 20.1 Å². The Balaban J connectivity index is 1.62. The Morgan fingerprint density at radius 1 is 1.22 bits per heavy atom. The molecule has 1 aromatic carbocycles. The third kappa shape index (κ3) is 3.06. The van der Waals surface area contributed by atoms with Crippen molar-refractivity contribution >= 4 is 32.5 Å². The minimum Gasteiger partial charge on any atom is -0.379 e. The number of aromatic nitrogens is 3. The van der Waals surface area contributed by atoms with Gasteiger partial charge in [0, 0.05) is 48.1 Å². The molecule has 0 amide bonds. The zero-order valence-electron chi connectivity index (χ0n) is 15.2. The Bertz CT molecular complexity index is 1070. The molecule has 6 nitrogen and oxygen atoms in total. The number of aromatic amines is 2. The third-order valence-corrected chi connectivity index (χ3v) is 6.22. The molecule has 0 saturated carbocycles. The largest absolute Gasteiger partial charge is 0.379 e. The fraction of sp³-hybridized carbons (Fsp3) is 0.350. The van der Waals surface area contributed by atoms with Crippen LogP contribution < -0.4 is 0 Å². The van der Waals surface area contributed by atoms with Crippen molar-refractivity contribution in [2.24, 2.45) is 0 Å². The van der Waals surface area contributed by atoms with Gasteiger partial charge in [-0.25, -0.2) is 0 Å². The summed E-state index contributed by atoms with van der Waals surface area (Å²) in [4.78, 5) is 7.28. The molecule has 2 N–H and O–H groups in total. The molecule has 1 aliphatic heterocycles. The predicted octanol–water partition coefficient (Wildman–Crippen LogP) is 3.75. The Hall–Kier alpha value is -2.19. The highest BCUT2D eigenvalue weighted by molar-refractivity contribution is 7.19. The smallest absolute Gasteiger partial charge is 0.126 e. The molecular formula is C20H22N4O2S. The standard InChI is InChI=1S/C20H22N4O2S/c1-25-12-13-10-17-20(27-13)19(23-22-17)18-15(11-24-6-8-26-9-7-24)14-4-2-3-5-16(14)21-18/h2-5,10,21H,6-9,11-12H2,1H3,(H,22,23). The van der Waals surface area contributed by atoms with Gasteiger partial charge in [-0.1, -0.05) is 18.2 Å². The molecule has 0 spiro atoms. The minimum absolute atomic E-state index is 0.625. The third-order valence-electron chi connectivity index (χ3n) is 5.11. The van der Waals surface area contributed by atoms with E-state index in [2.05, 4.69) is 50.4 Å². The minimum atomic E-state index is 0.625. The molecular weight excluding hydrogens is 360 g/mol. The van der Waals surface area contributed by atoms with E-state index in [1.807, 2.05) is 0 Å². The lowest BCUT2D eigenvalue weighted by atomic mass is 10.1. The maximum Gasteiger partial charge on any atom is 0.126 e. The van der Waals surface area contributed by atoms with Crippen molar-refractivity contribution in [1.29, 1.82) is 0 Å². The summed E-state index contributed by atoms with van der Waals surface area (Å²) in [6.45, 7) is 5.05. The second kappa shape index (κ2) is 7.09. The van der Waals surface area contributed by atoms with Gasteiger partial charge in [-0.3, -0.25) is 10.00 Å². The number of rotatable bonds is 5. The number of ether oxygens (including phenoxy) is 2.